The van der Waals surface area contributed by atoms with Crippen molar-refractivity contribution in [2.24, 2.45) is 0 Å². The summed E-state index contributed by atoms with van der Waals surface area (Å²) in [5.74, 6) is 0.461. The van der Waals surface area contributed by atoms with Crippen molar-refractivity contribution in [3.8, 4) is 5.75 Å². The summed E-state index contributed by atoms with van der Waals surface area (Å²) in [5.41, 5.74) is 1.00. The summed E-state index contributed by atoms with van der Waals surface area (Å²) in [6, 6.07) is 7.61. The largest absolute Gasteiger partial charge is 0.494 e. The fourth-order valence-corrected chi connectivity index (χ4v) is 2.66. The smallest absolute Gasteiger partial charge is 0.277 e. The summed E-state index contributed by atoms with van der Waals surface area (Å²) >= 11 is 0. The van der Waals surface area contributed by atoms with Crippen molar-refractivity contribution in [3.05, 3.63) is 36.2 Å². The Morgan fingerprint density at radius 3 is 3.04 bits per heavy atom. The highest BCUT2D eigenvalue weighted by molar-refractivity contribution is 6.02. The van der Waals surface area contributed by atoms with Gasteiger partial charge in [-0.25, -0.2) is 4.68 Å². The van der Waals surface area contributed by atoms with E-state index in [1.807, 2.05) is 25.1 Å². The molecule has 7 nitrogen and oxygen atoms in total. The number of piperidine rings is 1. The number of carbonyl (C=O) groups excluding carboxylic acids is 1. The summed E-state index contributed by atoms with van der Waals surface area (Å²) in [6.45, 7) is 4.44. The molecular weight excluding hydrogens is 294 g/mol. The molecule has 1 fully saturated rings. The van der Waals surface area contributed by atoms with E-state index in [0.29, 0.717) is 24.0 Å². The maximum Gasteiger partial charge on any atom is 0.277 e. The van der Waals surface area contributed by atoms with Crippen LogP contribution in [0.15, 0.2) is 30.5 Å². The number of hydrogen-bond donors (Lipinski definition) is 2. The molecule has 7 heteroatoms. The Labute approximate surface area is 135 Å². The lowest BCUT2D eigenvalue weighted by Crippen LogP contribution is -2.29. The SMILES string of the molecule is CCOc1cccc(NC(=O)c2cn(C3CCNCC3)nn2)c1. The van der Waals surface area contributed by atoms with E-state index in [1.54, 1.807) is 16.9 Å². The fraction of sp³-hybridized carbons (Fsp3) is 0.438. The predicted molar refractivity (Wildman–Crippen MR) is 86.7 cm³/mol. The van der Waals surface area contributed by atoms with Crippen LogP contribution in [0.5, 0.6) is 5.75 Å². The standard InChI is InChI=1S/C16H21N5O2/c1-2-23-14-5-3-4-12(10-14)18-16(22)15-11-21(20-19-15)13-6-8-17-9-7-13/h3-5,10-11,13,17H,2,6-9H2,1H3,(H,18,22). The monoisotopic (exact) mass is 315 g/mol. The van der Waals surface area contributed by atoms with E-state index in [9.17, 15) is 4.79 Å². The first kappa shape index (κ1) is 15.5. The Bertz CT molecular complexity index is 664. The summed E-state index contributed by atoms with van der Waals surface area (Å²) in [4.78, 5) is 12.3. The molecule has 0 radical (unpaired) electrons. The van der Waals surface area contributed by atoms with Crippen LogP contribution in [0, 0.1) is 0 Å². The first-order chi connectivity index (χ1) is 11.3. The Morgan fingerprint density at radius 2 is 2.26 bits per heavy atom. The quantitative estimate of drug-likeness (QED) is 0.880. The van der Waals surface area contributed by atoms with E-state index in [2.05, 4.69) is 20.9 Å². The Balaban J connectivity index is 1.66. The molecule has 1 saturated heterocycles. The van der Waals surface area contributed by atoms with Crippen LogP contribution in [-0.2, 0) is 0 Å². The number of anilines is 1. The summed E-state index contributed by atoms with van der Waals surface area (Å²) in [7, 11) is 0. The number of aromatic nitrogens is 3. The van der Waals surface area contributed by atoms with E-state index in [1.165, 1.54) is 0 Å². The molecule has 0 bridgehead atoms. The molecule has 0 saturated carbocycles. The molecule has 122 valence electrons. The van der Waals surface area contributed by atoms with E-state index < -0.39 is 0 Å². The Morgan fingerprint density at radius 1 is 1.43 bits per heavy atom. The second kappa shape index (κ2) is 7.23. The average Bonchev–Trinajstić information content (AvgIpc) is 3.06. The van der Waals surface area contributed by atoms with Crippen molar-refractivity contribution in [2.45, 2.75) is 25.8 Å². The molecule has 1 amide bonds. The number of amides is 1. The van der Waals surface area contributed by atoms with Gasteiger partial charge in [-0.2, -0.15) is 0 Å². The van der Waals surface area contributed by atoms with Gasteiger partial charge in [0, 0.05) is 11.8 Å². The number of carbonyl (C=O) groups is 1. The zero-order valence-electron chi connectivity index (χ0n) is 13.2. The predicted octanol–water partition coefficient (Wildman–Crippen LogP) is 1.85. The topological polar surface area (TPSA) is 81.1 Å². The lowest BCUT2D eigenvalue weighted by molar-refractivity contribution is 0.102. The lowest BCUT2D eigenvalue weighted by Gasteiger charge is -2.22. The van der Waals surface area contributed by atoms with E-state index >= 15 is 0 Å². The first-order valence-electron chi connectivity index (χ1n) is 7.93. The molecule has 1 aliphatic heterocycles. The number of benzene rings is 1. The van der Waals surface area contributed by atoms with Gasteiger partial charge in [0.15, 0.2) is 5.69 Å². The molecule has 23 heavy (non-hydrogen) atoms. The minimum absolute atomic E-state index is 0.265. The molecule has 3 rings (SSSR count). The summed E-state index contributed by atoms with van der Waals surface area (Å²) in [6.07, 6.45) is 3.72. The normalized spacial score (nSPS) is 15.3. The lowest BCUT2D eigenvalue weighted by atomic mass is 10.1. The van der Waals surface area contributed by atoms with Crippen molar-refractivity contribution in [2.75, 3.05) is 25.0 Å². The third-order valence-electron chi connectivity index (χ3n) is 3.83. The molecule has 2 aromatic rings. The van der Waals surface area contributed by atoms with Crippen molar-refractivity contribution in [3.63, 3.8) is 0 Å². The fourth-order valence-electron chi connectivity index (χ4n) is 2.66. The summed E-state index contributed by atoms with van der Waals surface area (Å²) in [5, 5.41) is 14.2. The van der Waals surface area contributed by atoms with Crippen LogP contribution < -0.4 is 15.4 Å². The van der Waals surface area contributed by atoms with Gasteiger partial charge >= 0.3 is 0 Å². The third-order valence-corrected chi connectivity index (χ3v) is 3.83. The van der Waals surface area contributed by atoms with Gasteiger partial charge in [-0.05, 0) is 45.0 Å². The van der Waals surface area contributed by atoms with Crippen LogP contribution in [-0.4, -0.2) is 40.6 Å². The van der Waals surface area contributed by atoms with Gasteiger partial charge in [0.2, 0.25) is 0 Å². The van der Waals surface area contributed by atoms with Crippen LogP contribution in [0.3, 0.4) is 0 Å². The highest BCUT2D eigenvalue weighted by atomic mass is 16.5. The van der Waals surface area contributed by atoms with Gasteiger partial charge in [-0.15, -0.1) is 5.10 Å². The second-order valence-corrected chi connectivity index (χ2v) is 5.48. The molecule has 0 unspecified atom stereocenters. The van der Waals surface area contributed by atoms with Crippen molar-refractivity contribution >= 4 is 11.6 Å². The van der Waals surface area contributed by atoms with Crippen molar-refractivity contribution in [1.82, 2.24) is 20.3 Å². The van der Waals surface area contributed by atoms with Crippen LogP contribution in [0.4, 0.5) is 5.69 Å². The molecule has 1 aromatic heterocycles. The van der Waals surface area contributed by atoms with Crippen LogP contribution in [0.1, 0.15) is 36.3 Å². The summed E-state index contributed by atoms with van der Waals surface area (Å²) < 4.78 is 7.23. The highest BCUT2D eigenvalue weighted by Gasteiger charge is 2.18. The molecule has 1 aliphatic rings. The molecule has 1 aromatic carbocycles. The first-order valence-corrected chi connectivity index (χ1v) is 7.93. The number of ether oxygens (including phenoxy) is 1. The number of nitrogens with one attached hydrogen (secondary N) is 2. The highest BCUT2D eigenvalue weighted by Crippen LogP contribution is 2.19. The van der Waals surface area contributed by atoms with E-state index in [4.69, 9.17) is 4.74 Å². The van der Waals surface area contributed by atoms with Crippen molar-refractivity contribution in [1.29, 1.82) is 0 Å². The number of hydrogen-bond acceptors (Lipinski definition) is 5. The van der Waals surface area contributed by atoms with Gasteiger partial charge in [0.25, 0.3) is 5.91 Å². The van der Waals surface area contributed by atoms with Gasteiger partial charge in [0.1, 0.15) is 5.75 Å². The molecular formula is C16H21N5O2. The molecule has 0 atom stereocenters. The number of nitrogens with zero attached hydrogens (tertiary/aromatic N) is 3. The molecule has 0 aliphatic carbocycles. The second-order valence-electron chi connectivity index (χ2n) is 5.48. The van der Waals surface area contributed by atoms with Crippen LogP contribution in [0.25, 0.3) is 0 Å². The zero-order valence-corrected chi connectivity index (χ0v) is 13.2. The molecule has 2 N–H and O–H groups in total. The van der Waals surface area contributed by atoms with Gasteiger partial charge in [-0.3, -0.25) is 4.79 Å². The number of rotatable bonds is 5. The maximum atomic E-state index is 12.3. The molecule has 0 spiro atoms. The minimum atomic E-state index is -0.265. The van der Waals surface area contributed by atoms with Gasteiger partial charge < -0.3 is 15.4 Å². The van der Waals surface area contributed by atoms with Gasteiger partial charge in [0.05, 0.1) is 18.8 Å². The molecule has 2 heterocycles. The van der Waals surface area contributed by atoms with Crippen LogP contribution in [0.2, 0.25) is 0 Å². The Hall–Kier alpha value is -2.41. The van der Waals surface area contributed by atoms with Crippen LogP contribution >= 0.6 is 0 Å². The maximum absolute atomic E-state index is 12.3. The van der Waals surface area contributed by atoms with E-state index in [0.717, 1.165) is 31.7 Å². The van der Waals surface area contributed by atoms with Crippen molar-refractivity contribution < 1.29 is 9.53 Å². The van der Waals surface area contributed by atoms with E-state index in [-0.39, 0.29) is 5.91 Å². The average molecular weight is 315 g/mol. The Kier molecular flexibility index (Phi) is 4.87. The minimum Gasteiger partial charge on any atom is -0.494 e. The third kappa shape index (κ3) is 3.87. The van der Waals surface area contributed by atoms with Gasteiger partial charge in [-0.1, -0.05) is 11.3 Å². The zero-order chi connectivity index (χ0) is 16.1.